The summed E-state index contributed by atoms with van der Waals surface area (Å²) >= 11 is 3.35. The van der Waals surface area contributed by atoms with Crippen molar-refractivity contribution in [2.24, 2.45) is 0 Å². The number of carbonyl (C=O) groups is 1. The average molecular weight is 383 g/mol. The molecule has 0 N–H and O–H groups in total. The largest absolute Gasteiger partial charge is 0.342 e. The number of piperidine rings is 1. The first-order chi connectivity index (χ1) is 12.8. The standard InChI is InChI=1S/C19H18N4OS2/c24-17(10-14-12-23-8-9-25-19(23)20-14)22-7-3-4-13(11-22)18-21-15-5-1-2-6-16(15)26-18/h1-2,5-6,8-9,12-13H,3-4,7,10-11H2/t13-/m1/s1. The number of hydrogen-bond acceptors (Lipinski definition) is 5. The van der Waals surface area contributed by atoms with E-state index < -0.39 is 0 Å². The Morgan fingerprint density at radius 2 is 2.19 bits per heavy atom. The minimum Gasteiger partial charge on any atom is -0.342 e. The van der Waals surface area contributed by atoms with Gasteiger partial charge in [-0.3, -0.25) is 9.20 Å². The summed E-state index contributed by atoms with van der Waals surface area (Å²) in [6.07, 6.45) is 6.44. The third-order valence-electron chi connectivity index (χ3n) is 4.91. The number of carbonyl (C=O) groups excluding carboxylic acids is 1. The van der Waals surface area contributed by atoms with Gasteiger partial charge in [0.1, 0.15) is 0 Å². The molecule has 5 nitrogen and oxygen atoms in total. The van der Waals surface area contributed by atoms with Gasteiger partial charge in [-0.15, -0.1) is 22.7 Å². The molecular weight excluding hydrogens is 364 g/mol. The molecule has 0 bridgehead atoms. The SMILES string of the molecule is O=C(Cc1cn2ccsc2n1)N1CCC[C@@H](c2nc3ccccc3s2)C1. The van der Waals surface area contributed by atoms with Gasteiger partial charge in [-0.25, -0.2) is 9.97 Å². The molecule has 1 amide bonds. The van der Waals surface area contributed by atoms with Crippen molar-refractivity contribution in [1.29, 1.82) is 0 Å². The number of thiazole rings is 2. The van der Waals surface area contributed by atoms with E-state index in [-0.39, 0.29) is 5.91 Å². The van der Waals surface area contributed by atoms with Crippen LogP contribution in [0.2, 0.25) is 0 Å². The molecule has 0 unspecified atom stereocenters. The summed E-state index contributed by atoms with van der Waals surface area (Å²) in [5.41, 5.74) is 1.91. The fraction of sp³-hybridized carbons (Fsp3) is 0.316. The van der Waals surface area contributed by atoms with Crippen molar-refractivity contribution in [3.63, 3.8) is 0 Å². The third-order valence-corrected chi connectivity index (χ3v) is 6.88. The van der Waals surface area contributed by atoms with E-state index in [0.29, 0.717) is 12.3 Å². The number of hydrogen-bond donors (Lipinski definition) is 0. The minimum absolute atomic E-state index is 0.168. The van der Waals surface area contributed by atoms with E-state index in [4.69, 9.17) is 4.98 Å². The van der Waals surface area contributed by atoms with Gasteiger partial charge in [-0.05, 0) is 25.0 Å². The third kappa shape index (κ3) is 2.91. The number of nitrogens with zero attached hydrogens (tertiary/aromatic N) is 4. The van der Waals surface area contributed by atoms with Gasteiger partial charge in [0.2, 0.25) is 5.91 Å². The zero-order valence-electron chi connectivity index (χ0n) is 14.2. The lowest BCUT2D eigenvalue weighted by molar-refractivity contribution is -0.131. The lowest BCUT2D eigenvalue weighted by Crippen LogP contribution is -2.40. The maximum atomic E-state index is 12.8. The summed E-state index contributed by atoms with van der Waals surface area (Å²) in [5, 5.41) is 3.16. The Morgan fingerprint density at radius 3 is 3.08 bits per heavy atom. The first-order valence-corrected chi connectivity index (χ1v) is 10.5. The Bertz CT molecular complexity index is 1020. The molecular formula is C19H18N4OS2. The highest BCUT2D eigenvalue weighted by Gasteiger charge is 2.27. The quantitative estimate of drug-likeness (QED) is 0.539. The number of fused-ring (bicyclic) bond motifs is 2. The van der Waals surface area contributed by atoms with E-state index in [1.54, 1.807) is 22.7 Å². The van der Waals surface area contributed by atoms with E-state index in [2.05, 4.69) is 23.2 Å². The number of para-hydroxylation sites is 1. The molecule has 0 radical (unpaired) electrons. The maximum absolute atomic E-state index is 12.8. The minimum atomic E-state index is 0.168. The van der Waals surface area contributed by atoms with Crippen LogP contribution in [0.3, 0.4) is 0 Å². The van der Waals surface area contributed by atoms with E-state index in [1.165, 1.54) is 4.70 Å². The Morgan fingerprint density at radius 1 is 1.27 bits per heavy atom. The summed E-state index contributed by atoms with van der Waals surface area (Å²) in [4.78, 5) is 25.1. The zero-order valence-corrected chi connectivity index (χ0v) is 15.8. The highest BCUT2D eigenvalue weighted by molar-refractivity contribution is 7.18. The molecule has 0 saturated carbocycles. The van der Waals surface area contributed by atoms with Crippen LogP contribution in [0.15, 0.2) is 42.0 Å². The highest BCUT2D eigenvalue weighted by atomic mass is 32.1. The molecule has 7 heteroatoms. The molecule has 26 heavy (non-hydrogen) atoms. The van der Waals surface area contributed by atoms with Crippen molar-refractivity contribution < 1.29 is 4.79 Å². The maximum Gasteiger partial charge on any atom is 0.228 e. The fourth-order valence-corrected chi connectivity index (χ4v) is 5.41. The predicted molar refractivity (Wildman–Crippen MR) is 105 cm³/mol. The monoisotopic (exact) mass is 382 g/mol. The van der Waals surface area contributed by atoms with Gasteiger partial charge in [0, 0.05) is 36.8 Å². The molecule has 1 aliphatic heterocycles. The first-order valence-electron chi connectivity index (χ1n) is 8.80. The number of aromatic nitrogens is 3. The molecule has 1 fully saturated rings. The highest BCUT2D eigenvalue weighted by Crippen LogP contribution is 2.33. The topological polar surface area (TPSA) is 50.5 Å². The van der Waals surface area contributed by atoms with Gasteiger partial charge in [-0.1, -0.05) is 12.1 Å². The summed E-state index contributed by atoms with van der Waals surface area (Å²) in [7, 11) is 0. The van der Waals surface area contributed by atoms with Crippen LogP contribution in [0.25, 0.3) is 15.2 Å². The number of benzene rings is 1. The Labute approximate surface area is 158 Å². The Hall–Kier alpha value is -2.25. The van der Waals surface area contributed by atoms with E-state index >= 15 is 0 Å². The number of amides is 1. The molecule has 1 saturated heterocycles. The van der Waals surface area contributed by atoms with Crippen molar-refractivity contribution in [3.8, 4) is 0 Å². The van der Waals surface area contributed by atoms with Crippen molar-refractivity contribution in [1.82, 2.24) is 19.3 Å². The van der Waals surface area contributed by atoms with Crippen LogP contribution in [0, 0.1) is 0 Å². The molecule has 1 aromatic carbocycles. The average Bonchev–Trinajstić information content (AvgIpc) is 3.35. The molecule has 1 aliphatic rings. The Balaban J connectivity index is 1.31. The Kier molecular flexibility index (Phi) is 3.98. The van der Waals surface area contributed by atoms with Gasteiger partial charge in [0.25, 0.3) is 0 Å². The number of likely N-dealkylation sites (tertiary alicyclic amines) is 1. The lowest BCUT2D eigenvalue weighted by atomic mass is 9.98. The molecule has 4 heterocycles. The molecule has 4 aromatic rings. The summed E-state index contributed by atoms with van der Waals surface area (Å²) in [6.45, 7) is 1.60. The number of rotatable bonds is 3. The summed E-state index contributed by atoms with van der Waals surface area (Å²) in [6, 6.07) is 8.26. The summed E-state index contributed by atoms with van der Waals surface area (Å²) < 4.78 is 3.21. The number of imidazole rings is 1. The second-order valence-electron chi connectivity index (χ2n) is 6.70. The van der Waals surface area contributed by atoms with Crippen LogP contribution >= 0.6 is 22.7 Å². The second-order valence-corrected chi connectivity index (χ2v) is 8.64. The zero-order chi connectivity index (χ0) is 17.5. The van der Waals surface area contributed by atoms with Crippen molar-refractivity contribution in [3.05, 3.63) is 52.7 Å². The van der Waals surface area contributed by atoms with E-state index in [9.17, 15) is 4.79 Å². The van der Waals surface area contributed by atoms with Gasteiger partial charge in [-0.2, -0.15) is 0 Å². The van der Waals surface area contributed by atoms with Crippen LogP contribution in [-0.4, -0.2) is 38.3 Å². The first kappa shape index (κ1) is 16.0. The summed E-state index contributed by atoms with van der Waals surface area (Å²) in [5.74, 6) is 0.511. The van der Waals surface area contributed by atoms with Gasteiger partial charge >= 0.3 is 0 Å². The molecule has 132 valence electrons. The van der Waals surface area contributed by atoms with Crippen LogP contribution in [0.4, 0.5) is 0 Å². The second kappa shape index (κ2) is 6.48. The fourth-order valence-electron chi connectivity index (χ4n) is 3.60. The van der Waals surface area contributed by atoms with Crippen molar-refractivity contribution in [2.45, 2.75) is 25.2 Å². The predicted octanol–water partition coefficient (Wildman–Crippen LogP) is 3.95. The van der Waals surface area contributed by atoms with Crippen LogP contribution in [0.1, 0.15) is 29.5 Å². The smallest absolute Gasteiger partial charge is 0.228 e. The molecule has 1 atom stereocenters. The van der Waals surface area contributed by atoms with Gasteiger partial charge in [0.15, 0.2) is 4.96 Å². The molecule has 0 aliphatic carbocycles. The van der Waals surface area contributed by atoms with Gasteiger partial charge in [0.05, 0.1) is 27.3 Å². The lowest BCUT2D eigenvalue weighted by Gasteiger charge is -2.31. The van der Waals surface area contributed by atoms with Crippen LogP contribution in [0.5, 0.6) is 0 Å². The van der Waals surface area contributed by atoms with Crippen LogP contribution in [-0.2, 0) is 11.2 Å². The van der Waals surface area contributed by atoms with Crippen molar-refractivity contribution in [2.75, 3.05) is 13.1 Å². The van der Waals surface area contributed by atoms with Crippen molar-refractivity contribution >= 4 is 43.8 Å². The normalized spacial score (nSPS) is 18.0. The molecule has 3 aromatic heterocycles. The molecule has 5 rings (SSSR count). The van der Waals surface area contributed by atoms with Crippen LogP contribution < -0.4 is 0 Å². The molecule has 0 spiro atoms. The van der Waals surface area contributed by atoms with E-state index in [0.717, 1.165) is 47.1 Å². The van der Waals surface area contributed by atoms with Gasteiger partial charge < -0.3 is 4.90 Å². The van der Waals surface area contributed by atoms with E-state index in [1.807, 2.05) is 33.1 Å².